The van der Waals surface area contributed by atoms with Crippen molar-refractivity contribution in [2.75, 3.05) is 19.4 Å². The smallest absolute Gasteiger partial charge is 0.222 e. The van der Waals surface area contributed by atoms with Gasteiger partial charge >= 0.3 is 0 Å². The molecule has 1 fully saturated rings. The Labute approximate surface area is 217 Å². The lowest BCUT2D eigenvalue weighted by Crippen LogP contribution is -2.36. The summed E-state index contributed by atoms with van der Waals surface area (Å²) in [6.45, 7) is 0. The number of hydrogen-bond donors (Lipinski definition) is 1. The van der Waals surface area contributed by atoms with Crippen LogP contribution in [0.25, 0.3) is 12.2 Å². The van der Waals surface area contributed by atoms with Crippen molar-refractivity contribution in [1.29, 1.82) is 0 Å². The summed E-state index contributed by atoms with van der Waals surface area (Å²) in [5, 5.41) is 3.54. The fourth-order valence-electron chi connectivity index (χ4n) is 4.37. The number of halogens is 2. The zero-order chi connectivity index (χ0) is 25.7. The topological polar surface area (TPSA) is 75.2 Å². The first-order chi connectivity index (χ1) is 17.2. The predicted octanol–water partition coefficient (Wildman–Crippen LogP) is 5.70. The van der Waals surface area contributed by atoms with Crippen molar-refractivity contribution in [3.8, 4) is 0 Å². The van der Waals surface area contributed by atoms with Gasteiger partial charge in [0, 0.05) is 35.6 Å². The summed E-state index contributed by atoms with van der Waals surface area (Å²) in [6, 6.07) is 11.7. The predicted molar refractivity (Wildman–Crippen MR) is 143 cm³/mol. The fourth-order valence-corrected chi connectivity index (χ4v) is 6.31. The first kappa shape index (κ1) is 26.3. The van der Waals surface area contributed by atoms with E-state index in [0.29, 0.717) is 23.6 Å². The quantitative estimate of drug-likeness (QED) is 0.404. The molecule has 190 valence electrons. The van der Waals surface area contributed by atoms with E-state index >= 15 is 0 Å². The van der Waals surface area contributed by atoms with E-state index in [9.17, 15) is 12.8 Å². The Balaban J connectivity index is 1.36. The Kier molecular flexibility index (Phi) is 8.39. The van der Waals surface area contributed by atoms with Crippen LogP contribution in [0.15, 0.2) is 59.8 Å². The summed E-state index contributed by atoms with van der Waals surface area (Å²) in [6.07, 6.45) is 11.5. The SMILES string of the molecule is CN(C)C1CCC(Nc2ncc(/C=C/c3ccc(CS(=O)(=O)c4ccccc4Cl)c(F)c3)cn2)CC1. The average molecular weight is 529 g/mol. The van der Waals surface area contributed by atoms with Gasteiger partial charge in [0.2, 0.25) is 5.95 Å². The maximum Gasteiger partial charge on any atom is 0.222 e. The third-order valence-electron chi connectivity index (χ3n) is 6.49. The third-order valence-corrected chi connectivity index (χ3v) is 8.65. The molecule has 4 rings (SSSR count). The van der Waals surface area contributed by atoms with Gasteiger partial charge < -0.3 is 10.2 Å². The molecule has 0 atom stereocenters. The number of benzene rings is 2. The molecular weight excluding hydrogens is 499 g/mol. The number of hydrogen-bond acceptors (Lipinski definition) is 6. The van der Waals surface area contributed by atoms with E-state index in [0.717, 1.165) is 31.2 Å². The minimum Gasteiger partial charge on any atom is -0.351 e. The maximum atomic E-state index is 14.7. The van der Waals surface area contributed by atoms with Crippen LogP contribution in [0.4, 0.5) is 10.3 Å². The molecule has 9 heteroatoms. The van der Waals surface area contributed by atoms with Crippen LogP contribution in [0, 0.1) is 5.82 Å². The zero-order valence-electron chi connectivity index (χ0n) is 20.4. The van der Waals surface area contributed by atoms with Crippen LogP contribution in [0.3, 0.4) is 0 Å². The van der Waals surface area contributed by atoms with Gasteiger partial charge in [-0.25, -0.2) is 22.8 Å². The molecule has 0 radical (unpaired) electrons. The molecule has 1 N–H and O–H groups in total. The summed E-state index contributed by atoms with van der Waals surface area (Å²) in [4.78, 5) is 11.1. The number of nitrogens with zero attached hydrogens (tertiary/aromatic N) is 3. The van der Waals surface area contributed by atoms with Crippen LogP contribution in [0.5, 0.6) is 0 Å². The van der Waals surface area contributed by atoms with Crippen LogP contribution < -0.4 is 5.32 Å². The second-order valence-electron chi connectivity index (χ2n) is 9.33. The molecule has 1 aliphatic carbocycles. The fraction of sp³-hybridized carbons (Fsp3) is 0.333. The standard InChI is InChI=1S/C27H30ClFN4O2S/c1-33(2)23-13-11-22(12-14-23)32-27-30-16-20(17-31-27)8-7-19-9-10-21(25(29)15-19)18-36(34,35)26-6-4-3-5-24(26)28/h3-10,15-17,22-23H,11-14,18H2,1-2H3,(H,30,31,32)/b8-7+. The van der Waals surface area contributed by atoms with Crippen molar-refractivity contribution in [1.82, 2.24) is 14.9 Å². The Hall–Kier alpha value is -2.81. The number of nitrogens with one attached hydrogen (secondary N) is 1. The van der Waals surface area contributed by atoms with Crippen LogP contribution in [-0.2, 0) is 15.6 Å². The molecule has 0 aliphatic heterocycles. The van der Waals surface area contributed by atoms with Crippen molar-refractivity contribution in [2.45, 2.75) is 48.4 Å². The van der Waals surface area contributed by atoms with E-state index < -0.39 is 21.4 Å². The molecule has 1 saturated carbocycles. The first-order valence-electron chi connectivity index (χ1n) is 11.9. The molecular formula is C27H30ClFN4O2S. The van der Waals surface area contributed by atoms with Gasteiger partial charge in [-0.15, -0.1) is 0 Å². The summed E-state index contributed by atoms with van der Waals surface area (Å²) >= 11 is 6.02. The van der Waals surface area contributed by atoms with Gasteiger partial charge in [-0.1, -0.05) is 48.0 Å². The second kappa shape index (κ2) is 11.5. The lowest BCUT2D eigenvalue weighted by Gasteiger charge is -2.32. The Morgan fingerprint density at radius 1 is 1.03 bits per heavy atom. The number of rotatable bonds is 8. The van der Waals surface area contributed by atoms with Gasteiger partial charge in [-0.05, 0) is 63.5 Å². The Bertz CT molecular complexity index is 1320. The molecule has 0 unspecified atom stereocenters. The van der Waals surface area contributed by atoms with E-state index in [4.69, 9.17) is 11.6 Å². The van der Waals surface area contributed by atoms with Crippen LogP contribution in [0.2, 0.25) is 5.02 Å². The number of aromatic nitrogens is 2. The highest BCUT2D eigenvalue weighted by atomic mass is 35.5. The van der Waals surface area contributed by atoms with E-state index in [1.54, 1.807) is 42.7 Å². The van der Waals surface area contributed by atoms with Gasteiger partial charge in [0.05, 0.1) is 15.7 Å². The molecule has 0 spiro atoms. The van der Waals surface area contributed by atoms with Crippen molar-refractivity contribution in [3.05, 3.63) is 82.4 Å². The summed E-state index contributed by atoms with van der Waals surface area (Å²) in [5.41, 5.74) is 1.47. The maximum absolute atomic E-state index is 14.7. The molecule has 0 amide bonds. The molecule has 6 nitrogen and oxygen atoms in total. The molecule has 1 aromatic heterocycles. The zero-order valence-corrected chi connectivity index (χ0v) is 21.9. The summed E-state index contributed by atoms with van der Waals surface area (Å²) < 4.78 is 40.1. The van der Waals surface area contributed by atoms with Crippen molar-refractivity contribution < 1.29 is 12.8 Å². The molecule has 36 heavy (non-hydrogen) atoms. The van der Waals surface area contributed by atoms with E-state index in [1.807, 2.05) is 0 Å². The highest BCUT2D eigenvalue weighted by Gasteiger charge is 2.23. The van der Waals surface area contributed by atoms with Gasteiger partial charge in [0.15, 0.2) is 9.84 Å². The molecule has 3 aromatic rings. The van der Waals surface area contributed by atoms with Gasteiger partial charge in [-0.3, -0.25) is 0 Å². The molecule has 0 bridgehead atoms. The van der Waals surface area contributed by atoms with Gasteiger partial charge in [-0.2, -0.15) is 0 Å². The lowest BCUT2D eigenvalue weighted by molar-refractivity contribution is 0.221. The molecule has 1 heterocycles. The molecule has 0 saturated heterocycles. The largest absolute Gasteiger partial charge is 0.351 e. The number of anilines is 1. The van der Waals surface area contributed by atoms with E-state index in [1.165, 1.54) is 24.3 Å². The van der Waals surface area contributed by atoms with Crippen molar-refractivity contribution in [3.63, 3.8) is 0 Å². The van der Waals surface area contributed by atoms with Crippen LogP contribution in [0.1, 0.15) is 42.4 Å². The van der Waals surface area contributed by atoms with Crippen molar-refractivity contribution in [2.24, 2.45) is 0 Å². The lowest BCUT2D eigenvalue weighted by atomic mass is 9.91. The van der Waals surface area contributed by atoms with Crippen molar-refractivity contribution >= 4 is 39.5 Å². The normalized spacial score (nSPS) is 18.6. The average Bonchev–Trinajstić information content (AvgIpc) is 2.85. The second-order valence-corrected chi connectivity index (χ2v) is 11.7. The monoisotopic (exact) mass is 528 g/mol. The summed E-state index contributed by atoms with van der Waals surface area (Å²) in [7, 11) is 0.486. The first-order valence-corrected chi connectivity index (χ1v) is 13.9. The van der Waals surface area contributed by atoms with Crippen LogP contribution >= 0.6 is 11.6 Å². The summed E-state index contributed by atoms with van der Waals surface area (Å²) in [5.74, 6) is -0.450. The highest BCUT2D eigenvalue weighted by molar-refractivity contribution is 7.90. The van der Waals surface area contributed by atoms with Gasteiger partial charge in [0.1, 0.15) is 5.82 Å². The Morgan fingerprint density at radius 2 is 1.69 bits per heavy atom. The third kappa shape index (κ3) is 6.69. The molecule has 2 aromatic carbocycles. The number of sulfone groups is 1. The molecule has 1 aliphatic rings. The Morgan fingerprint density at radius 3 is 2.33 bits per heavy atom. The van der Waals surface area contributed by atoms with E-state index in [2.05, 4.69) is 34.3 Å². The van der Waals surface area contributed by atoms with Crippen LogP contribution in [-0.4, -0.2) is 49.5 Å². The van der Waals surface area contributed by atoms with Gasteiger partial charge in [0.25, 0.3) is 0 Å². The minimum atomic E-state index is -3.77. The highest BCUT2D eigenvalue weighted by Crippen LogP contribution is 2.26. The van der Waals surface area contributed by atoms with E-state index in [-0.39, 0.29) is 15.5 Å². The minimum absolute atomic E-state index is 0.00535.